The molecule has 2 aromatic rings. The van der Waals surface area contributed by atoms with Gasteiger partial charge in [-0.05, 0) is 6.42 Å². The average molecular weight is 372 g/mol. The van der Waals surface area contributed by atoms with Gasteiger partial charge in [0.25, 0.3) is 5.91 Å². The second kappa shape index (κ2) is 8.42. The van der Waals surface area contributed by atoms with Crippen LogP contribution in [0.4, 0.5) is 0 Å². The van der Waals surface area contributed by atoms with Crippen molar-refractivity contribution in [1.29, 1.82) is 0 Å². The predicted molar refractivity (Wildman–Crippen MR) is 103 cm³/mol. The Kier molecular flexibility index (Phi) is 6.00. The van der Waals surface area contributed by atoms with Gasteiger partial charge in [0.15, 0.2) is 0 Å². The van der Waals surface area contributed by atoms with Crippen LogP contribution in [0.1, 0.15) is 16.9 Å². The van der Waals surface area contributed by atoms with Gasteiger partial charge in [0.2, 0.25) is 5.91 Å². The number of benzene rings is 1. The quantitative estimate of drug-likeness (QED) is 0.824. The van der Waals surface area contributed by atoms with Gasteiger partial charge in [0, 0.05) is 51.2 Å². The maximum absolute atomic E-state index is 12.8. The summed E-state index contributed by atoms with van der Waals surface area (Å²) in [4.78, 5) is 34.8. The standard InChI is InChI=1S/C19H24N4O2S/c1-21(2)17(24)13-22-9-6-10-23(12-11-22)19(25)16-14-26-18(20-16)15-7-4-3-5-8-15/h3-5,7-8,14H,6,9-13H2,1-2H3. The minimum atomic E-state index is -0.0239. The van der Waals surface area contributed by atoms with Crippen molar-refractivity contribution >= 4 is 23.2 Å². The lowest BCUT2D eigenvalue weighted by molar-refractivity contribution is -0.129. The summed E-state index contributed by atoms with van der Waals surface area (Å²) in [6.07, 6.45) is 0.863. The Bertz CT molecular complexity index is 760. The summed E-state index contributed by atoms with van der Waals surface area (Å²) in [7, 11) is 3.53. The third kappa shape index (κ3) is 4.47. The molecule has 0 N–H and O–H groups in total. The number of aromatic nitrogens is 1. The fraction of sp³-hybridized carbons (Fsp3) is 0.421. The maximum atomic E-state index is 12.8. The topological polar surface area (TPSA) is 56.8 Å². The molecule has 1 aliphatic rings. The van der Waals surface area contributed by atoms with Crippen LogP contribution in [-0.4, -0.2) is 78.3 Å². The fourth-order valence-electron chi connectivity index (χ4n) is 2.91. The molecular formula is C19H24N4O2S. The molecular weight excluding hydrogens is 348 g/mol. The lowest BCUT2D eigenvalue weighted by Crippen LogP contribution is -2.39. The molecule has 2 amide bonds. The normalized spacial score (nSPS) is 15.5. The zero-order valence-corrected chi connectivity index (χ0v) is 16.0. The minimum absolute atomic E-state index is 0.0239. The van der Waals surface area contributed by atoms with E-state index in [-0.39, 0.29) is 11.8 Å². The molecule has 7 heteroatoms. The van der Waals surface area contributed by atoms with Gasteiger partial charge in [-0.2, -0.15) is 0 Å². The lowest BCUT2D eigenvalue weighted by atomic mass is 10.2. The van der Waals surface area contributed by atoms with Crippen LogP contribution in [0.3, 0.4) is 0 Å². The molecule has 0 saturated carbocycles. The van der Waals surface area contributed by atoms with Crippen molar-refractivity contribution in [2.24, 2.45) is 0 Å². The summed E-state index contributed by atoms with van der Waals surface area (Å²) in [5.41, 5.74) is 1.53. The second-order valence-electron chi connectivity index (χ2n) is 6.61. The van der Waals surface area contributed by atoms with Gasteiger partial charge in [0.05, 0.1) is 6.54 Å². The highest BCUT2D eigenvalue weighted by Crippen LogP contribution is 2.24. The summed E-state index contributed by atoms with van der Waals surface area (Å²) < 4.78 is 0. The number of thiazole rings is 1. The van der Waals surface area contributed by atoms with Crippen LogP contribution in [0.2, 0.25) is 0 Å². The van der Waals surface area contributed by atoms with Crippen molar-refractivity contribution in [2.75, 3.05) is 46.8 Å². The summed E-state index contributed by atoms with van der Waals surface area (Å²) in [5, 5.41) is 2.70. The van der Waals surface area contributed by atoms with Gasteiger partial charge in [0.1, 0.15) is 10.7 Å². The van der Waals surface area contributed by atoms with Crippen molar-refractivity contribution < 1.29 is 9.59 Å². The molecule has 1 aliphatic heterocycles. The van der Waals surface area contributed by atoms with E-state index in [1.54, 1.807) is 19.0 Å². The number of hydrogen-bond donors (Lipinski definition) is 0. The highest BCUT2D eigenvalue weighted by Gasteiger charge is 2.23. The Hall–Kier alpha value is -2.25. The number of rotatable bonds is 4. The summed E-state index contributed by atoms with van der Waals surface area (Å²) >= 11 is 1.49. The Morgan fingerprint density at radius 2 is 1.88 bits per heavy atom. The minimum Gasteiger partial charge on any atom is -0.348 e. The molecule has 1 fully saturated rings. The zero-order chi connectivity index (χ0) is 18.5. The second-order valence-corrected chi connectivity index (χ2v) is 7.47. The van der Waals surface area contributed by atoms with E-state index in [2.05, 4.69) is 9.88 Å². The van der Waals surface area contributed by atoms with Crippen molar-refractivity contribution in [2.45, 2.75) is 6.42 Å². The van der Waals surface area contributed by atoms with E-state index >= 15 is 0 Å². The van der Waals surface area contributed by atoms with Gasteiger partial charge in [-0.25, -0.2) is 4.98 Å². The molecule has 1 saturated heterocycles. The van der Waals surface area contributed by atoms with E-state index in [9.17, 15) is 9.59 Å². The van der Waals surface area contributed by atoms with E-state index < -0.39 is 0 Å². The van der Waals surface area contributed by atoms with Gasteiger partial charge in [-0.3, -0.25) is 14.5 Å². The van der Waals surface area contributed by atoms with E-state index in [0.29, 0.717) is 31.9 Å². The van der Waals surface area contributed by atoms with E-state index in [4.69, 9.17) is 0 Å². The lowest BCUT2D eigenvalue weighted by Gasteiger charge is -2.22. The predicted octanol–water partition coefficient (Wildman–Crippen LogP) is 2.05. The molecule has 26 heavy (non-hydrogen) atoms. The van der Waals surface area contributed by atoms with Crippen LogP contribution in [0.15, 0.2) is 35.7 Å². The number of likely N-dealkylation sites (N-methyl/N-ethyl adjacent to an activating group) is 1. The van der Waals surface area contributed by atoms with E-state index in [1.165, 1.54) is 11.3 Å². The number of hydrogen-bond acceptors (Lipinski definition) is 5. The van der Waals surface area contributed by atoms with E-state index in [0.717, 1.165) is 23.5 Å². The average Bonchev–Trinajstić information content (AvgIpc) is 3.03. The molecule has 1 aromatic carbocycles. The van der Waals surface area contributed by atoms with Crippen LogP contribution in [0, 0.1) is 0 Å². The molecule has 0 spiro atoms. The Morgan fingerprint density at radius 3 is 2.62 bits per heavy atom. The number of amides is 2. The fourth-order valence-corrected chi connectivity index (χ4v) is 3.71. The third-order valence-corrected chi connectivity index (χ3v) is 5.37. The largest absolute Gasteiger partial charge is 0.348 e. The molecule has 0 atom stereocenters. The number of nitrogens with zero attached hydrogens (tertiary/aromatic N) is 4. The molecule has 3 rings (SSSR count). The summed E-state index contributed by atoms with van der Waals surface area (Å²) in [5.74, 6) is 0.0704. The van der Waals surface area contributed by atoms with Gasteiger partial charge in [-0.15, -0.1) is 11.3 Å². The number of carbonyl (C=O) groups is 2. The zero-order valence-electron chi connectivity index (χ0n) is 15.2. The Labute approximate surface area is 158 Å². The molecule has 2 heterocycles. The first kappa shape index (κ1) is 18.5. The van der Waals surface area contributed by atoms with Crippen molar-refractivity contribution in [3.05, 3.63) is 41.4 Å². The SMILES string of the molecule is CN(C)C(=O)CN1CCCN(C(=O)c2csc(-c3ccccc3)n2)CC1. The maximum Gasteiger partial charge on any atom is 0.273 e. The molecule has 0 radical (unpaired) electrons. The van der Waals surface area contributed by atoms with Gasteiger partial charge >= 0.3 is 0 Å². The summed E-state index contributed by atoms with van der Waals surface area (Å²) in [6, 6.07) is 9.90. The monoisotopic (exact) mass is 372 g/mol. The highest BCUT2D eigenvalue weighted by atomic mass is 32.1. The van der Waals surface area contributed by atoms with Crippen LogP contribution in [-0.2, 0) is 4.79 Å². The van der Waals surface area contributed by atoms with Crippen LogP contribution >= 0.6 is 11.3 Å². The Morgan fingerprint density at radius 1 is 1.12 bits per heavy atom. The van der Waals surface area contributed by atoms with Crippen molar-refractivity contribution in [3.8, 4) is 10.6 Å². The molecule has 0 bridgehead atoms. The van der Waals surface area contributed by atoms with Crippen LogP contribution in [0.5, 0.6) is 0 Å². The Balaban J connectivity index is 1.62. The van der Waals surface area contributed by atoms with Crippen molar-refractivity contribution in [3.63, 3.8) is 0 Å². The van der Waals surface area contributed by atoms with Crippen LogP contribution in [0.25, 0.3) is 10.6 Å². The first-order valence-electron chi connectivity index (χ1n) is 8.77. The van der Waals surface area contributed by atoms with Gasteiger partial charge in [-0.1, -0.05) is 30.3 Å². The van der Waals surface area contributed by atoms with Crippen LogP contribution < -0.4 is 0 Å². The molecule has 0 unspecified atom stereocenters. The third-order valence-electron chi connectivity index (χ3n) is 4.48. The smallest absolute Gasteiger partial charge is 0.273 e. The van der Waals surface area contributed by atoms with E-state index in [1.807, 2.05) is 40.6 Å². The van der Waals surface area contributed by atoms with Crippen molar-refractivity contribution in [1.82, 2.24) is 19.7 Å². The number of carbonyl (C=O) groups excluding carboxylic acids is 2. The first-order chi connectivity index (χ1) is 12.5. The molecule has 6 nitrogen and oxygen atoms in total. The molecule has 1 aromatic heterocycles. The summed E-state index contributed by atoms with van der Waals surface area (Å²) in [6.45, 7) is 3.27. The van der Waals surface area contributed by atoms with Gasteiger partial charge < -0.3 is 9.80 Å². The molecule has 138 valence electrons. The highest BCUT2D eigenvalue weighted by molar-refractivity contribution is 7.13. The first-order valence-corrected chi connectivity index (χ1v) is 9.65. The molecule has 0 aliphatic carbocycles.